The largest absolute Gasteiger partial charge is 0.332 e. The van der Waals surface area contributed by atoms with Gasteiger partial charge in [-0.3, -0.25) is 18.3 Å². The van der Waals surface area contributed by atoms with Crippen LogP contribution in [0, 0.1) is 12.8 Å². The Balaban J connectivity index is 2.01. The van der Waals surface area contributed by atoms with Crippen molar-refractivity contribution in [3.8, 4) is 0 Å². The Morgan fingerprint density at radius 3 is 2.44 bits per heavy atom. The van der Waals surface area contributed by atoms with Gasteiger partial charge < -0.3 is 4.57 Å². The third-order valence-corrected chi connectivity index (χ3v) is 4.87. The fourth-order valence-corrected chi connectivity index (χ4v) is 3.55. The Morgan fingerprint density at radius 2 is 1.78 bits per heavy atom. The number of benzene rings is 1. The lowest BCUT2D eigenvalue weighted by molar-refractivity contribution is 0.524. The molecule has 0 aliphatic rings. The van der Waals surface area contributed by atoms with E-state index in [-0.39, 0.29) is 17.8 Å². The van der Waals surface area contributed by atoms with Gasteiger partial charge in [0.1, 0.15) is 0 Å². The van der Waals surface area contributed by atoms with Crippen LogP contribution in [-0.4, -0.2) is 23.1 Å². The molecular weight excluding hydrogens is 342 g/mol. The number of rotatable bonds is 4. The topological polar surface area (TPSA) is 66.2 Å². The van der Waals surface area contributed by atoms with Gasteiger partial charge >= 0.3 is 5.69 Å². The number of fused-ring (bicyclic) bond motifs is 3. The molecule has 0 fully saturated rings. The molecule has 0 bridgehead atoms. The summed E-state index contributed by atoms with van der Waals surface area (Å²) in [4.78, 5) is 30.6. The lowest BCUT2D eigenvalue weighted by Crippen LogP contribution is -2.39. The number of imidazole rings is 2. The van der Waals surface area contributed by atoms with Crippen molar-refractivity contribution >= 4 is 16.9 Å². The summed E-state index contributed by atoms with van der Waals surface area (Å²) >= 11 is 0. The molecule has 140 valence electrons. The minimum absolute atomic E-state index is 0.237. The van der Waals surface area contributed by atoms with Crippen LogP contribution in [0.25, 0.3) is 16.9 Å². The van der Waals surface area contributed by atoms with Gasteiger partial charge in [-0.1, -0.05) is 44.2 Å². The number of nitrogens with zero attached hydrogens (tertiary/aromatic N) is 5. The van der Waals surface area contributed by atoms with Crippen molar-refractivity contribution < 1.29 is 0 Å². The highest BCUT2D eigenvalue weighted by molar-refractivity contribution is 5.75. The zero-order valence-electron chi connectivity index (χ0n) is 16.0. The molecule has 0 atom stereocenters. The summed E-state index contributed by atoms with van der Waals surface area (Å²) in [6.07, 6.45) is 1.92. The minimum Gasteiger partial charge on any atom is -0.314 e. The SMILES string of the molecule is Cc1cn2c3c(=O)n(Cc4ccccc4)c(=O)n(C)c3nc2n1CC(C)C. The van der Waals surface area contributed by atoms with Crippen LogP contribution in [0.1, 0.15) is 25.1 Å². The van der Waals surface area contributed by atoms with E-state index in [2.05, 4.69) is 23.4 Å². The maximum Gasteiger partial charge on any atom is 0.332 e. The fourth-order valence-electron chi connectivity index (χ4n) is 3.55. The summed E-state index contributed by atoms with van der Waals surface area (Å²) in [6.45, 7) is 7.33. The van der Waals surface area contributed by atoms with Crippen LogP contribution in [0.3, 0.4) is 0 Å². The first-order valence-electron chi connectivity index (χ1n) is 9.10. The molecule has 4 rings (SSSR count). The second-order valence-electron chi connectivity index (χ2n) is 7.45. The summed E-state index contributed by atoms with van der Waals surface area (Å²) in [5.74, 6) is 1.14. The van der Waals surface area contributed by atoms with Crippen LogP contribution >= 0.6 is 0 Å². The van der Waals surface area contributed by atoms with Gasteiger partial charge in [0, 0.05) is 25.5 Å². The van der Waals surface area contributed by atoms with E-state index in [4.69, 9.17) is 0 Å². The zero-order valence-corrected chi connectivity index (χ0v) is 16.0. The standard InChI is InChI=1S/C20H23N5O2/c1-13(2)10-23-14(3)11-24-16-17(21-19(23)24)22(4)20(27)25(18(16)26)12-15-8-6-5-7-9-15/h5-9,11,13H,10,12H2,1-4H3. The maximum absolute atomic E-state index is 13.2. The van der Waals surface area contributed by atoms with Crippen molar-refractivity contribution in [3.05, 3.63) is 68.6 Å². The molecule has 0 aliphatic carbocycles. The van der Waals surface area contributed by atoms with E-state index in [0.29, 0.717) is 22.9 Å². The monoisotopic (exact) mass is 365 g/mol. The highest BCUT2D eigenvalue weighted by Crippen LogP contribution is 2.17. The van der Waals surface area contributed by atoms with Crippen LogP contribution in [0.2, 0.25) is 0 Å². The molecule has 3 heterocycles. The molecule has 7 heteroatoms. The van der Waals surface area contributed by atoms with E-state index in [1.807, 2.05) is 47.9 Å². The normalized spacial score (nSPS) is 11.9. The van der Waals surface area contributed by atoms with Gasteiger partial charge in [-0.2, -0.15) is 4.98 Å². The molecule has 1 aromatic carbocycles. The van der Waals surface area contributed by atoms with Crippen molar-refractivity contribution in [2.24, 2.45) is 13.0 Å². The van der Waals surface area contributed by atoms with Crippen molar-refractivity contribution in [1.29, 1.82) is 0 Å². The lowest BCUT2D eigenvalue weighted by atomic mass is 10.2. The highest BCUT2D eigenvalue weighted by atomic mass is 16.2. The van der Waals surface area contributed by atoms with E-state index < -0.39 is 0 Å². The first kappa shape index (κ1) is 17.3. The summed E-state index contributed by atoms with van der Waals surface area (Å²) in [5.41, 5.74) is 2.13. The molecule has 0 amide bonds. The Labute approximate surface area is 156 Å². The number of hydrogen-bond donors (Lipinski definition) is 0. The van der Waals surface area contributed by atoms with E-state index in [1.165, 1.54) is 9.13 Å². The van der Waals surface area contributed by atoms with Crippen LogP contribution in [0.5, 0.6) is 0 Å². The first-order chi connectivity index (χ1) is 12.9. The zero-order chi connectivity index (χ0) is 19.3. The van der Waals surface area contributed by atoms with Crippen LogP contribution in [-0.2, 0) is 20.1 Å². The predicted octanol–water partition coefficient (Wildman–Crippen LogP) is 2.16. The van der Waals surface area contributed by atoms with Crippen LogP contribution in [0.15, 0.2) is 46.1 Å². The molecule has 3 aromatic heterocycles. The molecular formula is C20H23N5O2. The quantitative estimate of drug-likeness (QED) is 0.557. The number of aromatic nitrogens is 5. The average Bonchev–Trinajstić information content (AvgIpc) is 3.14. The van der Waals surface area contributed by atoms with Crippen LogP contribution < -0.4 is 11.2 Å². The summed E-state index contributed by atoms with van der Waals surface area (Å²) < 4.78 is 6.65. The van der Waals surface area contributed by atoms with Gasteiger partial charge in [-0.25, -0.2) is 4.79 Å². The number of aryl methyl sites for hydroxylation is 2. The summed E-state index contributed by atoms with van der Waals surface area (Å²) in [6, 6.07) is 9.52. The predicted molar refractivity (Wildman–Crippen MR) is 105 cm³/mol. The Hall–Kier alpha value is -3.09. The second kappa shape index (κ2) is 6.26. The van der Waals surface area contributed by atoms with E-state index in [9.17, 15) is 9.59 Å². The molecule has 0 saturated heterocycles. The maximum atomic E-state index is 13.2. The van der Waals surface area contributed by atoms with Gasteiger partial charge in [0.25, 0.3) is 5.56 Å². The van der Waals surface area contributed by atoms with E-state index in [0.717, 1.165) is 17.8 Å². The minimum atomic E-state index is -0.357. The average molecular weight is 365 g/mol. The van der Waals surface area contributed by atoms with Crippen molar-refractivity contribution in [2.45, 2.75) is 33.9 Å². The Kier molecular flexibility index (Phi) is 4.02. The van der Waals surface area contributed by atoms with Gasteiger partial charge in [0.15, 0.2) is 11.2 Å². The third kappa shape index (κ3) is 2.70. The van der Waals surface area contributed by atoms with E-state index >= 15 is 0 Å². The summed E-state index contributed by atoms with van der Waals surface area (Å²) in [7, 11) is 1.66. The molecule has 0 unspecified atom stereocenters. The number of hydrogen-bond acceptors (Lipinski definition) is 3. The van der Waals surface area contributed by atoms with Gasteiger partial charge in [-0.05, 0) is 18.4 Å². The second-order valence-corrected chi connectivity index (χ2v) is 7.45. The molecule has 7 nitrogen and oxygen atoms in total. The third-order valence-electron chi connectivity index (χ3n) is 4.87. The summed E-state index contributed by atoms with van der Waals surface area (Å²) in [5, 5.41) is 0. The van der Waals surface area contributed by atoms with Gasteiger partial charge in [0.2, 0.25) is 5.78 Å². The lowest BCUT2D eigenvalue weighted by Gasteiger charge is -2.08. The van der Waals surface area contributed by atoms with Crippen molar-refractivity contribution in [3.63, 3.8) is 0 Å². The Morgan fingerprint density at radius 1 is 1.07 bits per heavy atom. The first-order valence-corrected chi connectivity index (χ1v) is 9.10. The molecule has 0 aliphatic heterocycles. The smallest absolute Gasteiger partial charge is 0.314 e. The van der Waals surface area contributed by atoms with E-state index in [1.54, 1.807) is 7.05 Å². The van der Waals surface area contributed by atoms with Gasteiger partial charge in [0.05, 0.1) is 6.54 Å². The van der Waals surface area contributed by atoms with Crippen molar-refractivity contribution in [1.82, 2.24) is 23.1 Å². The highest BCUT2D eigenvalue weighted by Gasteiger charge is 2.20. The molecule has 0 N–H and O–H groups in total. The van der Waals surface area contributed by atoms with Crippen molar-refractivity contribution in [2.75, 3.05) is 0 Å². The Bertz CT molecular complexity index is 1260. The van der Waals surface area contributed by atoms with Crippen LogP contribution in [0.4, 0.5) is 0 Å². The van der Waals surface area contributed by atoms with Gasteiger partial charge in [-0.15, -0.1) is 0 Å². The molecule has 0 radical (unpaired) electrons. The molecule has 0 spiro atoms. The molecule has 4 aromatic rings. The molecule has 0 saturated carbocycles. The fraction of sp³-hybridized carbons (Fsp3) is 0.350. The molecule has 27 heavy (non-hydrogen) atoms.